The number of hydrogen-bond acceptors (Lipinski definition) is 4. The maximum atomic E-state index is 12.2. The molecular weight excluding hydrogens is 280 g/mol. The van der Waals surface area contributed by atoms with Crippen molar-refractivity contribution in [2.45, 2.75) is 11.3 Å². The molecule has 0 aliphatic heterocycles. The Kier molecular flexibility index (Phi) is 5.96. The van der Waals surface area contributed by atoms with Gasteiger partial charge in [0.15, 0.2) is 5.78 Å². The lowest BCUT2D eigenvalue weighted by atomic mass is 10.1. The smallest absolute Gasteiger partial charge is 0.176 e. The van der Waals surface area contributed by atoms with E-state index in [-0.39, 0.29) is 5.78 Å². The van der Waals surface area contributed by atoms with Gasteiger partial charge in [0.1, 0.15) is 0 Å². The van der Waals surface area contributed by atoms with Crippen LogP contribution in [0.4, 0.5) is 0 Å². The molecular formula is C17H20N2OS. The molecule has 0 saturated carbocycles. The predicted octanol–water partition coefficient (Wildman–Crippen LogP) is 3.16. The second-order valence-electron chi connectivity index (χ2n) is 4.96. The quantitative estimate of drug-likeness (QED) is 0.581. The fourth-order valence-corrected chi connectivity index (χ4v) is 2.45. The van der Waals surface area contributed by atoms with Crippen molar-refractivity contribution < 1.29 is 4.79 Å². The number of likely N-dealkylation sites (N-methyl/N-ethyl adjacent to an activating group) is 1. The van der Waals surface area contributed by atoms with E-state index in [2.05, 4.69) is 4.98 Å². The Balaban J connectivity index is 1.83. The minimum Gasteiger partial charge on any atom is -0.299 e. The van der Waals surface area contributed by atoms with Crippen LogP contribution in [0.3, 0.4) is 0 Å². The van der Waals surface area contributed by atoms with Crippen molar-refractivity contribution in [1.82, 2.24) is 9.88 Å². The molecule has 0 atom stereocenters. The lowest BCUT2D eigenvalue weighted by molar-refractivity contribution is 0.0946. The lowest BCUT2D eigenvalue weighted by Crippen LogP contribution is -2.28. The maximum Gasteiger partial charge on any atom is 0.176 e. The van der Waals surface area contributed by atoms with E-state index in [4.69, 9.17) is 0 Å². The molecule has 1 aromatic carbocycles. The van der Waals surface area contributed by atoms with Gasteiger partial charge >= 0.3 is 0 Å². The highest BCUT2D eigenvalue weighted by molar-refractivity contribution is 7.98. The summed E-state index contributed by atoms with van der Waals surface area (Å²) in [5, 5.41) is 0. The van der Waals surface area contributed by atoms with Gasteiger partial charge < -0.3 is 0 Å². The molecule has 0 spiro atoms. The Morgan fingerprint density at radius 3 is 2.57 bits per heavy atom. The van der Waals surface area contributed by atoms with Gasteiger partial charge in [0, 0.05) is 35.3 Å². The first-order chi connectivity index (χ1) is 10.2. The third kappa shape index (κ3) is 4.99. The topological polar surface area (TPSA) is 33.2 Å². The molecule has 3 nitrogen and oxygen atoms in total. The van der Waals surface area contributed by atoms with Gasteiger partial charge in [-0.15, -0.1) is 11.8 Å². The summed E-state index contributed by atoms with van der Waals surface area (Å²) in [5.41, 5.74) is 1.83. The van der Waals surface area contributed by atoms with E-state index in [1.807, 2.05) is 60.7 Å². The third-order valence-electron chi connectivity index (χ3n) is 3.30. The molecule has 0 aliphatic rings. The molecule has 21 heavy (non-hydrogen) atoms. The Labute approximate surface area is 130 Å². The van der Waals surface area contributed by atoms with Crippen molar-refractivity contribution in [3.05, 3.63) is 59.9 Å². The number of hydrogen-bond donors (Lipinski definition) is 0. The molecule has 0 bridgehead atoms. The first-order valence-corrected chi connectivity index (χ1v) is 8.17. The van der Waals surface area contributed by atoms with Gasteiger partial charge in [0.05, 0.1) is 6.54 Å². The monoisotopic (exact) mass is 300 g/mol. The normalized spacial score (nSPS) is 10.8. The van der Waals surface area contributed by atoms with Crippen LogP contribution in [-0.4, -0.2) is 42.1 Å². The Morgan fingerprint density at radius 2 is 1.95 bits per heavy atom. The zero-order valence-corrected chi connectivity index (χ0v) is 13.3. The molecule has 0 amide bonds. The van der Waals surface area contributed by atoms with E-state index in [9.17, 15) is 4.79 Å². The van der Waals surface area contributed by atoms with Crippen molar-refractivity contribution in [2.24, 2.45) is 0 Å². The molecule has 1 heterocycles. The summed E-state index contributed by atoms with van der Waals surface area (Å²) in [6.07, 6.45) is 4.69. The zero-order chi connectivity index (χ0) is 15.1. The second kappa shape index (κ2) is 7.96. The molecule has 0 saturated heterocycles. The van der Waals surface area contributed by atoms with Gasteiger partial charge in [0.2, 0.25) is 0 Å². The van der Waals surface area contributed by atoms with Crippen LogP contribution in [0.15, 0.2) is 53.6 Å². The molecule has 0 N–H and O–H groups in total. The van der Waals surface area contributed by atoms with Crippen molar-refractivity contribution in [1.29, 1.82) is 0 Å². The van der Waals surface area contributed by atoms with E-state index in [1.165, 1.54) is 4.90 Å². The van der Waals surface area contributed by atoms with Crippen LogP contribution in [0.1, 0.15) is 16.1 Å². The predicted molar refractivity (Wildman–Crippen MR) is 88.0 cm³/mol. The molecule has 0 radical (unpaired) electrons. The number of carbonyl (C=O) groups excluding carboxylic acids is 1. The van der Waals surface area contributed by atoms with E-state index in [0.29, 0.717) is 6.54 Å². The lowest BCUT2D eigenvalue weighted by Gasteiger charge is -2.15. The van der Waals surface area contributed by atoms with E-state index < -0.39 is 0 Å². The number of benzene rings is 1. The molecule has 2 rings (SSSR count). The van der Waals surface area contributed by atoms with Crippen molar-refractivity contribution in [3.8, 4) is 0 Å². The SMILES string of the molecule is CSc1ccc(C(=O)CN(C)CCc2ccccn2)cc1. The van der Waals surface area contributed by atoms with Gasteiger partial charge in [-0.3, -0.25) is 14.7 Å². The van der Waals surface area contributed by atoms with Crippen molar-refractivity contribution in [2.75, 3.05) is 26.4 Å². The van der Waals surface area contributed by atoms with Crippen LogP contribution in [0.2, 0.25) is 0 Å². The van der Waals surface area contributed by atoms with Gasteiger partial charge in [0.25, 0.3) is 0 Å². The van der Waals surface area contributed by atoms with Crippen LogP contribution >= 0.6 is 11.8 Å². The number of Topliss-reactive ketones (excluding diaryl/α,β-unsaturated/α-hetero) is 1. The summed E-state index contributed by atoms with van der Waals surface area (Å²) in [5.74, 6) is 0.158. The van der Waals surface area contributed by atoms with Gasteiger partial charge in [-0.25, -0.2) is 0 Å². The Morgan fingerprint density at radius 1 is 1.19 bits per heavy atom. The maximum absolute atomic E-state index is 12.2. The fourth-order valence-electron chi connectivity index (χ4n) is 2.04. The molecule has 0 aliphatic carbocycles. The molecule has 0 unspecified atom stereocenters. The van der Waals surface area contributed by atoms with Crippen molar-refractivity contribution >= 4 is 17.5 Å². The summed E-state index contributed by atoms with van der Waals surface area (Å²) >= 11 is 1.68. The summed E-state index contributed by atoms with van der Waals surface area (Å²) in [4.78, 5) is 19.7. The van der Waals surface area contributed by atoms with Gasteiger partial charge in [-0.05, 0) is 37.6 Å². The summed E-state index contributed by atoms with van der Waals surface area (Å²) in [7, 11) is 1.97. The molecule has 0 fully saturated rings. The van der Waals surface area contributed by atoms with Crippen molar-refractivity contribution in [3.63, 3.8) is 0 Å². The molecule has 110 valence electrons. The summed E-state index contributed by atoms with van der Waals surface area (Å²) in [6.45, 7) is 1.26. The van der Waals surface area contributed by atoms with Gasteiger partial charge in [-0.2, -0.15) is 0 Å². The second-order valence-corrected chi connectivity index (χ2v) is 5.84. The summed E-state index contributed by atoms with van der Waals surface area (Å²) in [6, 6.07) is 13.7. The van der Waals surface area contributed by atoms with Crippen LogP contribution in [0, 0.1) is 0 Å². The molecule has 2 aromatic rings. The van der Waals surface area contributed by atoms with Gasteiger partial charge in [-0.1, -0.05) is 18.2 Å². The van der Waals surface area contributed by atoms with E-state index >= 15 is 0 Å². The van der Waals surface area contributed by atoms with E-state index in [0.717, 1.165) is 24.2 Å². The number of pyridine rings is 1. The number of nitrogens with zero attached hydrogens (tertiary/aromatic N) is 2. The largest absolute Gasteiger partial charge is 0.299 e. The van der Waals surface area contributed by atoms with Crippen LogP contribution in [-0.2, 0) is 6.42 Å². The number of carbonyl (C=O) groups is 1. The number of ketones is 1. The number of thioether (sulfide) groups is 1. The zero-order valence-electron chi connectivity index (χ0n) is 12.5. The van der Waals surface area contributed by atoms with Crippen LogP contribution in [0.25, 0.3) is 0 Å². The Bertz CT molecular complexity index is 569. The van der Waals surface area contributed by atoms with E-state index in [1.54, 1.807) is 18.0 Å². The minimum atomic E-state index is 0.158. The third-order valence-corrected chi connectivity index (χ3v) is 4.04. The standard InChI is InChI=1S/C17H20N2OS/c1-19(12-10-15-5-3-4-11-18-15)13-17(20)14-6-8-16(21-2)9-7-14/h3-9,11H,10,12-13H2,1-2H3. The average molecular weight is 300 g/mol. The molecule has 1 aromatic heterocycles. The first kappa shape index (κ1) is 15.7. The van der Waals surface area contributed by atoms with Crippen LogP contribution in [0.5, 0.6) is 0 Å². The highest BCUT2D eigenvalue weighted by Gasteiger charge is 2.09. The average Bonchev–Trinajstić information content (AvgIpc) is 2.54. The first-order valence-electron chi connectivity index (χ1n) is 6.95. The summed E-state index contributed by atoms with van der Waals surface area (Å²) < 4.78 is 0. The Hall–Kier alpha value is -1.65. The highest BCUT2D eigenvalue weighted by Crippen LogP contribution is 2.15. The molecule has 4 heteroatoms. The highest BCUT2D eigenvalue weighted by atomic mass is 32.2. The number of rotatable bonds is 7. The fraction of sp³-hybridized carbons (Fsp3) is 0.294. The van der Waals surface area contributed by atoms with Crippen LogP contribution < -0.4 is 0 Å². The number of aromatic nitrogens is 1. The minimum absolute atomic E-state index is 0.158.